The number of anilines is 1. The molecule has 1 N–H and O–H groups in total. The number of carbonyl (C=O) groups is 1. The van der Waals surface area contributed by atoms with Crippen LogP contribution in [0.3, 0.4) is 0 Å². The van der Waals surface area contributed by atoms with Crippen LogP contribution in [0, 0.1) is 12.8 Å². The largest absolute Gasteiger partial charge is 0.437 e. The van der Waals surface area contributed by atoms with Crippen molar-refractivity contribution in [1.29, 1.82) is 0 Å². The minimum absolute atomic E-state index is 0.0313. The molecule has 92 valence electrons. The molecule has 17 heavy (non-hydrogen) atoms. The molecule has 0 heterocycles. The summed E-state index contributed by atoms with van der Waals surface area (Å²) in [6.45, 7) is 5.68. The first-order valence-electron chi connectivity index (χ1n) is 5.27. The van der Waals surface area contributed by atoms with E-state index in [0.717, 1.165) is 5.56 Å². The Hall–Kier alpha value is -1.55. The highest BCUT2D eigenvalue weighted by molar-refractivity contribution is 6.65. The number of benzene rings is 1. The molecule has 1 rings (SSSR count). The van der Waals surface area contributed by atoms with Crippen molar-refractivity contribution in [3.05, 3.63) is 29.8 Å². The molecule has 1 aromatic rings. The SMILES string of the molecule is Cc1ccc(NC(=O)O/N=C(\Cl)C(C)C)cc1. The van der Waals surface area contributed by atoms with Crippen LogP contribution in [-0.2, 0) is 4.84 Å². The fourth-order valence-corrected chi connectivity index (χ4v) is 1.00. The van der Waals surface area contributed by atoms with Gasteiger partial charge < -0.3 is 0 Å². The third-order valence-electron chi connectivity index (χ3n) is 1.99. The van der Waals surface area contributed by atoms with E-state index in [0.29, 0.717) is 5.69 Å². The Morgan fingerprint density at radius 1 is 1.35 bits per heavy atom. The van der Waals surface area contributed by atoms with Gasteiger partial charge in [-0.3, -0.25) is 10.2 Å². The summed E-state index contributed by atoms with van der Waals surface area (Å²) in [6, 6.07) is 7.34. The van der Waals surface area contributed by atoms with Crippen molar-refractivity contribution in [2.45, 2.75) is 20.8 Å². The first-order chi connectivity index (χ1) is 7.99. The van der Waals surface area contributed by atoms with Crippen molar-refractivity contribution in [3.63, 3.8) is 0 Å². The number of halogens is 1. The van der Waals surface area contributed by atoms with Gasteiger partial charge in [0.05, 0.1) is 0 Å². The topological polar surface area (TPSA) is 50.7 Å². The second-order valence-corrected chi connectivity index (χ2v) is 4.33. The van der Waals surface area contributed by atoms with Crippen LogP contribution < -0.4 is 5.32 Å². The van der Waals surface area contributed by atoms with Gasteiger partial charge in [-0.15, -0.1) is 0 Å². The van der Waals surface area contributed by atoms with Gasteiger partial charge in [-0.2, -0.15) is 0 Å². The molecule has 4 nitrogen and oxygen atoms in total. The van der Waals surface area contributed by atoms with Gasteiger partial charge in [0.15, 0.2) is 0 Å². The summed E-state index contributed by atoms with van der Waals surface area (Å²) in [4.78, 5) is 15.9. The fourth-order valence-electron chi connectivity index (χ4n) is 0.968. The molecule has 1 amide bonds. The third kappa shape index (κ3) is 4.87. The third-order valence-corrected chi connectivity index (χ3v) is 2.50. The maximum Gasteiger partial charge on any atom is 0.437 e. The normalized spacial score (nSPS) is 11.5. The number of amides is 1. The van der Waals surface area contributed by atoms with Gasteiger partial charge >= 0.3 is 6.09 Å². The van der Waals surface area contributed by atoms with E-state index in [1.165, 1.54) is 0 Å². The Balaban J connectivity index is 2.50. The van der Waals surface area contributed by atoms with E-state index in [-0.39, 0.29) is 11.1 Å². The highest BCUT2D eigenvalue weighted by Gasteiger charge is 2.05. The van der Waals surface area contributed by atoms with Crippen LogP contribution in [-0.4, -0.2) is 11.3 Å². The standard InChI is InChI=1S/C12H15ClN2O2/c1-8(2)11(13)15-17-12(16)14-10-6-4-9(3)5-7-10/h4-8H,1-3H3,(H,14,16)/b15-11-. The van der Waals surface area contributed by atoms with Crippen molar-refractivity contribution in [2.24, 2.45) is 11.1 Å². The molecule has 0 unspecified atom stereocenters. The number of hydrogen-bond donors (Lipinski definition) is 1. The second kappa shape index (κ2) is 6.25. The van der Waals surface area contributed by atoms with Crippen LogP contribution >= 0.6 is 11.6 Å². The van der Waals surface area contributed by atoms with Gasteiger partial charge in [-0.25, -0.2) is 4.79 Å². The van der Waals surface area contributed by atoms with Crippen LogP contribution in [0.1, 0.15) is 19.4 Å². The van der Waals surface area contributed by atoms with Crippen LogP contribution in [0.15, 0.2) is 29.4 Å². The Bertz CT molecular complexity index is 413. The van der Waals surface area contributed by atoms with Gasteiger partial charge in [0.1, 0.15) is 5.17 Å². The highest BCUT2D eigenvalue weighted by Crippen LogP contribution is 2.09. The Kier molecular flexibility index (Phi) is 4.97. The van der Waals surface area contributed by atoms with E-state index < -0.39 is 6.09 Å². The molecule has 0 fully saturated rings. The molecule has 0 saturated heterocycles. The van der Waals surface area contributed by atoms with E-state index in [9.17, 15) is 4.79 Å². The lowest BCUT2D eigenvalue weighted by Gasteiger charge is -2.04. The van der Waals surface area contributed by atoms with E-state index in [2.05, 4.69) is 15.3 Å². The molecule has 0 spiro atoms. The quantitative estimate of drug-likeness (QED) is 0.507. The summed E-state index contributed by atoms with van der Waals surface area (Å²) < 4.78 is 0. The minimum atomic E-state index is -0.660. The highest BCUT2D eigenvalue weighted by atomic mass is 35.5. The van der Waals surface area contributed by atoms with E-state index in [1.807, 2.05) is 32.9 Å². The van der Waals surface area contributed by atoms with Gasteiger partial charge in [-0.1, -0.05) is 48.3 Å². The van der Waals surface area contributed by atoms with Crippen LogP contribution in [0.25, 0.3) is 0 Å². The number of aryl methyl sites for hydroxylation is 1. The van der Waals surface area contributed by atoms with Crippen LogP contribution in [0.4, 0.5) is 10.5 Å². The molecule has 0 aliphatic rings. The number of hydrogen-bond acceptors (Lipinski definition) is 3. The van der Waals surface area contributed by atoms with Crippen LogP contribution in [0.5, 0.6) is 0 Å². The van der Waals surface area contributed by atoms with Gasteiger partial charge in [0, 0.05) is 11.6 Å². The summed E-state index contributed by atoms with van der Waals surface area (Å²) in [7, 11) is 0. The fraction of sp³-hybridized carbons (Fsp3) is 0.333. The van der Waals surface area contributed by atoms with Crippen molar-refractivity contribution in [2.75, 3.05) is 5.32 Å². The van der Waals surface area contributed by atoms with Crippen molar-refractivity contribution >= 4 is 28.6 Å². The smallest absolute Gasteiger partial charge is 0.297 e. The molecule has 0 aliphatic heterocycles. The lowest BCUT2D eigenvalue weighted by atomic mass is 10.2. The zero-order chi connectivity index (χ0) is 12.8. The summed E-state index contributed by atoms with van der Waals surface area (Å²) in [5.41, 5.74) is 1.77. The number of oxime groups is 1. The first kappa shape index (κ1) is 13.5. The summed E-state index contributed by atoms with van der Waals surface area (Å²) >= 11 is 5.73. The zero-order valence-electron chi connectivity index (χ0n) is 10.0. The molecule has 0 radical (unpaired) electrons. The molecule has 1 aromatic carbocycles. The van der Waals surface area contributed by atoms with E-state index in [1.54, 1.807) is 12.1 Å². The average Bonchev–Trinajstić information content (AvgIpc) is 2.29. The lowest BCUT2D eigenvalue weighted by molar-refractivity contribution is 0.166. The van der Waals surface area contributed by atoms with Gasteiger partial charge in [0.2, 0.25) is 0 Å². The number of nitrogens with zero attached hydrogens (tertiary/aromatic N) is 1. The van der Waals surface area contributed by atoms with E-state index in [4.69, 9.17) is 11.6 Å². The molecule has 0 aliphatic carbocycles. The zero-order valence-corrected chi connectivity index (χ0v) is 10.8. The van der Waals surface area contributed by atoms with Crippen molar-refractivity contribution in [1.82, 2.24) is 0 Å². The van der Waals surface area contributed by atoms with Gasteiger partial charge in [-0.05, 0) is 19.1 Å². The van der Waals surface area contributed by atoms with Crippen molar-refractivity contribution < 1.29 is 9.63 Å². The average molecular weight is 255 g/mol. The molecule has 5 heteroatoms. The van der Waals surface area contributed by atoms with E-state index >= 15 is 0 Å². The number of nitrogens with one attached hydrogen (secondary N) is 1. The van der Waals surface area contributed by atoms with Gasteiger partial charge in [0.25, 0.3) is 0 Å². The Morgan fingerprint density at radius 2 is 1.94 bits per heavy atom. The first-order valence-corrected chi connectivity index (χ1v) is 5.65. The molecule has 0 bridgehead atoms. The molecule has 0 saturated carbocycles. The molecular weight excluding hydrogens is 240 g/mol. The minimum Gasteiger partial charge on any atom is -0.297 e. The lowest BCUT2D eigenvalue weighted by Crippen LogP contribution is -2.12. The summed E-state index contributed by atoms with van der Waals surface area (Å²) in [6.07, 6.45) is -0.660. The number of rotatable bonds is 3. The summed E-state index contributed by atoms with van der Waals surface area (Å²) in [5, 5.41) is 6.30. The summed E-state index contributed by atoms with van der Waals surface area (Å²) in [5.74, 6) is 0.0313. The van der Waals surface area contributed by atoms with Crippen LogP contribution in [0.2, 0.25) is 0 Å². The maximum absolute atomic E-state index is 11.3. The predicted molar refractivity (Wildman–Crippen MR) is 69.4 cm³/mol. The Morgan fingerprint density at radius 3 is 2.47 bits per heavy atom. The second-order valence-electron chi connectivity index (χ2n) is 3.94. The van der Waals surface area contributed by atoms with Crippen molar-refractivity contribution in [3.8, 4) is 0 Å². The number of carbonyl (C=O) groups excluding carboxylic acids is 1. The predicted octanol–water partition coefficient (Wildman–Crippen LogP) is 3.75. The Labute approximate surface area is 106 Å². The monoisotopic (exact) mass is 254 g/mol. The molecule has 0 aromatic heterocycles. The maximum atomic E-state index is 11.3. The molecular formula is C12H15ClN2O2. The molecule has 0 atom stereocenters.